The zero-order valence-electron chi connectivity index (χ0n) is 14.7. The van der Waals surface area contributed by atoms with E-state index >= 15 is 0 Å². The molecule has 11 heteroatoms. The van der Waals surface area contributed by atoms with Crippen molar-refractivity contribution in [2.75, 3.05) is 10.6 Å². The zero-order chi connectivity index (χ0) is 20.3. The van der Waals surface area contributed by atoms with Crippen LogP contribution in [0.1, 0.15) is 21.5 Å². The first-order valence-corrected chi connectivity index (χ1v) is 8.05. The molecule has 1 aromatic carbocycles. The first-order chi connectivity index (χ1) is 13.2. The van der Waals surface area contributed by atoms with Crippen molar-refractivity contribution in [1.29, 1.82) is 0 Å². The highest BCUT2D eigenvalue weighted by atomic mass is 19.4. The Morgan fingerprint density at radius 3 is 2.64 bits per heavy atom. The highest BCUT2D eigenvalue weighted by Gasteiger charge is 2.32. The maximum Gasteiger partial charge on any atom is 0.416 e. The Hall–Kier alpha value is -3.63. The van der Waals surface area contributed by atoms with E-state index in [9.17, 15) is 18.0 Å². The third-order valence-corrected chi connectivity index (χ3v) is 3.78. The summed E-state index contributed by atoms with van der Waals surface area (Å²) in [5.41, 5.74) is 5.11. The van der Waals surface area contributed by atoms with Crippen molar-refractivity contribution in [1.82, 2.24) is 19.7 Å². The van der Waals surface area contributed by atoms with Crippen molar-refractivity contribution in [2.45, 2.75) is 12.7 Å². The van der Waals surface area contributed by atoms with Crippen molar-refractivity contribution in [3.05, 3.63) is 59.5 Å². The number of nitrogens with two attached hydrogens (primary N) is 1. The number of nitrogens with zero attached hydrogens (tertiary/aromatic N) is 4. The maximum atomic E-state index is 13.1. The number of carbonyl (C=O) groups excluding carboxylic acids is 1. The molecule has 0 aliphatic carbocycles. The van der Waals surface area contributed by atoms with Crippen LogP contribution in [0.3, 0.4) is 0 Å². The third-order valence-electron chi connectivity index (χ3n) is 3.78. The van der Waals surface area contributed by atoms with E-state index in [1.54, 1.807) is 17.9 Å². The number of primary amides is 1. The molecule has 8 nitrogen and oxygen atoms in total. The minimum Gasteiger partial charge on any atom is -0.365 e. The van der Waals surface area contributed by atoms with Crippen LogP contribution in [-0.4, -0.2) is 25.7 Å². The van der Waals surface area contributed by atoms with E-state index in [1.807, 2.05) is 0 Å². The quantitative estimate of drug-likeness (QED) is 0.596. The lowest BCUT2D eigenvalue weighted by atomic mass is 10.1. The summed E-state index contributed by atoms with van der Waals surface area (Å²) >= 11 is 0. The molecular formula is C17H16F3N7O. The summed E-state index contributed by atoms with van der Waals surface area (Å²) in [7, 11) is 1.73. The molecule has 0 bridgehead atoms. The highest BCUT2D eigenvalue weighted by molar-refractivity contribution is 5.97. The summed E-state index contributed by atoms with van der Waals surface area (Å²) in [6, 6.07) is 5.13. The Morgan fingerprint density at radius 2 is 2.00 bits per heavy atom. The maximum absolute atomic E-state index is 13.1. The second-order valence-corrected chi connectivity index (χ2v) is 5.86. The number of alkyl halides is 3. The van der Waals surface area contributed by atoms with Gasteiger partial charge in [0.05, 0.1) is 23.0 Å². The number of halogens is 3. The number of benzene rings is 1. The van der Waals surface area contributed by atoms with E-state index in [1.165, 1.54) is 30.6 Å². The van der Waals surface area contributed by atoms with Gasteiger partial charge in [0.15, 0.2) is 0 Å². The van der Waals surface area contributed by atoms with E-state index in [0.717, 1.165) is 6.07 Å². The fraction of sp³-hybridized carbons (Fsp3) is 0.176. The molecule has 0 unspecified atom stereocenters. The second-order valence-electron chi connectivity index (χ2n) is 5.86. The molecule has 3 aromatic rings. The number of aromatic nitrogens is 4. The van der Waals surface area contributed by atoms with Gasteiger partial charge in [-0.3, -0.25) is 9.48 Å². The SMILES string of the molecule is Cn1cc(Nc2ncc(C(N)=O)c(NCc3ccccc3C(F)(F)F)n2)cn1. The predicted octanol–water partition coefficient (Wildman–Crippen LogP) is 2.68. The fourth-order valence-electron chi connectivity index (χ4n) is 2.50. The first-order valence-electron chi connectivity index (χ1n) is 8.05. The van der Waals surface area contributed by atoms with E-state index in [-0.39, 0.29) is 29.4 Å². The monoisotopic (exact) mass is 391 g/mol. The molecule has 28 heavy (non-hydrogen) atoms. The van der Waals surface area contributed by atoms with Gasteiger partial charge in [-0.15, -0.1) is 0 Å². The van der Waals surface area contributed by atoms with E-state index in [4.69, 9.17) is 5.73 Å². The van der Waals surface area contributed by atoms with Crippen molar-refractivity contribution in [3.63, 3.8) is 0 Å². The molecule has 146 valence electrons. The predicted molar refractivity (Wildman–Crippen MR) is 95.8 cm³/mol. The Balaban J connectivity index is 1.86. The second kappa shape index (κ2) is 7.55. The zero-order valence-corrected chi connectivity index (χ0v) is 14.7. The average Bonchev–Trinajstić information content (AvgIpc) is 3.04. The lowest BCUT2D eigenvalue weighted by molar-refractivity contribution is -0.138. The number of hydrogen-bond donors (Lipinski definition) is 3. The van der Waals surface area contributed by atoms with Crippen LogP contribution >= 0.6 is 0 Å². The van der Waals surface area contributed by atoms with Crippen LogP contribution in [-0.2, 0) is 19.8 Å². The summed E-state index contributed by atoms with van der Waals surface area (Å²) < 4.78 is 41.0. The molecule has 0 fully saturated rings. The van der Waals surface area contributed by atoms with Crippen LogP contribution in [0, 0.1) is 0 Å². The average molecular weight is 391 g/mol. The molecule has 0 saturated carbocycles. The van der Waals surface area contributed by atoms with Gasteiger partial charge in [-0.25, -0.2) is 4.98 Å². The lowest BCUT2D eigenvalue weighted by Crippen LogP contribution is -2.18. The molecule has 0 saturated heterocycles. The molecule has 2 aromatic heterocycles. The van der Waals surface area contributed by atoms with Gasteiger partial charge >= 0.3 is 6.18 Å². The van der Waals surface area contributed by atoms with Crippen LogP contribution in [0.25, 0.3) is 0 Å². The molecular weight excluding hydrogens is 375 g/mol. The van der Waals surface area contributed by atoms with Crippen molar-refractivity contribution in [2.24, 2.45) is 12.8 Å². The van der Waals surface area contributed by atoms with Gasteiger partial charge in [0.2, 0.25) is 5.95 Å². The van der Waals surface area contributed by atoms with Gasteiger partial charge in [0.25, 0.3) is 5.91 Å². The molecule has 4 N–H and O–H groups in total. The van der Waals surface area contributed by atoms with Gasteiger partial charge in [-0.1, -0.05) is 18.2 Å². The number of hydrogen-bond acceptors (Lipinski definition) is 6. The fourth-order valence-corrected chi connectivity index (χ4v) is 2.50. The van der Waals surface area contributed by atoms with Crippen molar-refractivity contribution >= 4 is 23.4 Å². The van der Waals surface area contributed by atoms with E-state index < -0.39 is 17.6 Å². The molecule has 0 spiro atoms. The molecule has 0 radical (unpaired) electrons. The van der Waals surface area contributed by atoms with Crippen LogP contribution in [0.5, 0.6) is 0 Å². The van der Waals surface area contributed by atoms with Gasteiger partial charge < -0.3 is 16.4 Å². The Bertz CT molecular complexity index is 1000. The van der Waals surface area contributed by atoms with Crippen LogP contribution in [0.15, 0.2) is 42.9 Å². The molecule has 0 aliphatic rings. The number of rotatable bonds is 6. The molecule has 0 atom stereocenters. The molecule has 1 amide bonds. The molecule has 2 heterocycles. The minimum atomic E-state index is -4.50. The smallest absolute Gasteiger partial charge is 0.365 e. The van der Waals surface area contributed by atoms with Gasteiger partial charge in [-0.05, 0) is 11.6 Å². The highest BCUT2D eigenvalue weighted by Crippen LogP contribution is 2.32. The number of nitrogens with one attached hydrogen (secondary N) is 2. The largest absolute Gasteiger partial charge is 0.416 e. The van der Waals surface area contributed by atoms with Crippen molar-refractivity contribution < 1.29 is 18.0 Å². The number of carbonyl (C=O) groups is 1. The summed E-state index contributed by atoms with van der Waals surface area (Å²) in [6.07, 6.45) is -0.0778. The van der Waals surface area contributed by atoms with E-state index in [0.29, 0.717) is 5.69 Å². The van der Waals surface area contributed by atoms with Gasteiger partial charge in [0.1, 0.15) is 5.82 Å². The summed E-state index contributed by atoms with van der Waals surface area (Å²) in [5, 5.41) is 9.62. The molecule has 0 aliphatic heterocycles. The Labute approximate surface area is 157 Å². The Morgan fingerprint density at radius 1 is 1.25 bits per heavy atom. The summed E-state index contributed by atoms with van der Waals surface area (Å²) in [5.74, 6) is -0.657. The van der Waals surface area contributed by atoms with E-state index in [2.05, 4.69) is 25.7 Å². The molecule has 3 rings (SSSR count). The number of aryl methyl sites for hydroxylation is 1. The summed E-state index contributed by atoms with van der Waals surface area (Å²) in [6.45, 7) is -0.209. The van der Waals surface area contributed by atoms with Gasteiger partial charge in [-0.2, -0.15) is 23.3 Å². The third kappa shape index (κ3) is 4.37. The summed E-state index contributed by atoms with van der Waals surface area (Å²) in [4.78, 5) is 19.8. The van der Waals surface area contributed by atoms with Gasteiger partial charge in [0, 0.05) is 26.0 Å². The number of anilines is 3. The van der Waals surface area contributed by atoms with Crippen LogP contribution < -0.4 is 16.4 Å². The van der Waals surface area contributed by atoms with Crippen molar-refractivity contribution in [3.8, 4) is 0 Å². The van der Waals surface area contributed by atoms with Crippen LogP contribution in [0.4, 0.5) is 30.6 Å². The topological polar surface area (TPSA) is 111 Å². The minimum absolute atomic E-state index is 0.00537. The normalized spacial score (nSPS) is 11.3. The lowest BCUT2D eigenvalue weighted by Gasteiger charge is -2.15. The number of amides is 1. The van der Waals surface area contributed by atoms with Crippen LogP contribution in [0.2, 0.25) is 0 Å². The standard InChI is InChI=1S/C17H16F3N7O/c1-27-9-11(7-24-27)25-16-23-8-12(14(21)28)15(26-16)22-6-10-4-2-3-5-13(10)17(18,19)20/h2-5,7-9H,6H2,1H3,(H2,21,28)(H2,22,23,25,26). The Kier molecular flexibility index (Phi) is 5.16. The first kappa shape index (κ1) is 19.1.